The van der Waals surface area contributed by atoms with Gasteiger partial charge in [0.05, 0.1) is 11.1 Å². The number of piperazine rings is 1. The molecule has 0 radical (unpaired) electrons. The molecule has 206 valence electrons. The van der Waals surface area contributed by atoms with E-state index in [4.69, 9.17) is 0 Å². The number of para-hydroxylation sites is 1. The van der Waals surface area contributed by atoms with Crippen LogP contribution in [0.1, 0.15) is 35.2 Å². The smallest absolute Gasteiger partial charge is 0.265 e. The molecule has 2 aromatic heterocycles. The van der Waals surface area contributed by atoms with Crippen LogP contribution in [0.25, 0.3) is 10.9 Å². The van der Waals surface area contributed by atoms with Crippen molar-refractivity contribution in [2.45, 2.75) is 29.7 Å². The summed E-state index contributed by atoms with van der Waals surface area (Å²) in [6.07, 6.45) is 5.51. The van der Waals surface area contributed by atoms with E-state index in [2.05, 4.69) is 19.6 Å². The summed E-state index contributed by atoms with van der Waals surface area (Å²) in [4.78, 5) is 25.6. The van der Waals surface area contributed by atoms with Crippen molar-refractivity contribution in [3.63, 3.8) is 0 Å². The molecule has 3 heterocycles. The highest BCUT2D eigenvalue weighted by Crippen LogP contribution is 2.47. The Morgan fingerprint density at radius 3 is 2.27 bits per heavy atom. The summed E-state index contributed by atoms with van der Waals surface area (Å²) in [7, 11) is -3.96. The first-order valence-corrected chi connectivity index (χ1v) is 14.6. The van der Waals surface area contributed by atoms with Crippen molar-refractivity contribution in [1.82, 2.24) is 19.8 Å². The van der Waals surface area contributed by atoms with Gasteiger partial charge in [0.15, 0.2) is 0 Å². The van der Waals surface area contributed by atoms with E-state index >= 15 is 0 Å². The molecule has 4 aromatic rings. The van der Waals surface area contributed by atoms with Gasteiger partial charge in [0.1, 0.15) is 22.3 Å². The summed E-state index contributed by atoms with van der Waals surface area (Å²) in [6, 6.07) is 15.2. The average Bonchev–Trinajstić information content (AvgIpc) is 2.92. The first-order chi connectivity index (χ1) is 19.2. The van der Waals surface area contributed by atoms with Crippen molar-refractivity contribution >= 4 is 32.7 Å². The average molecular weight is 564 g/mol. The number of amides is 1. The van der Waals surface area contributed by atoms with Crippen molar-refractivity contribution in [3.05, 3.63) is 95.8 Å². The normalized spacial score (nSPS) is 17.4. The first kappa shape index (κ1) is 26.3. The van der Waals surface area contributed by atoms with Gasteiger partial charge in [-0.15, -0.1) is 0 Å². The molecule has 1 aliphatic heterocycles. The van der Waals surface area contributed by atoms with Gasteiger partial charge in [0, 0.05) is 55.6 Å². The molecular weight excluding hydrogens is 536 g/mol. The molecule has 1 saturated heterocycles. The molecule has 40 heavy (non-hydrogen) atoms. The Morgan fingerprint density at radius 2 is 1.62 bits per heavy atom. The number of hydrogen-bond donors (Lipinski definition) is 1. The fourth-order valence-corrected chi connectivity index (χ4v) is 6.90. The van der Waals surface area contributed by atoms with Crippen LogP contribution in [0, 0.1) is 11.6 Å². The molecule has 1 aliphatic carbocycles. The third-order valence-corrected chi connectivity index (χ3v) is 9.27. The summed E-state index contributed by atoms with van der Waals surface area (Å²) in [5.74, 6) is -1.29. The van der Waals surface area contributed by atoms with E-state index in [0.29, 0.717) is 48.2 Å². The SMILES string of the molecule is O=C(c1ccc(NS(=O)(=O)c2cccc3cccnc23)nc1)N1CCN(C2(c3cc(F)cc(F)c3)CCC2)CC1. The van der Waals surface area contributed by atoms with Gasteiger partial charge in [-0.1, -0.05) is 18.2 Å². The summed E-state index contributed by atoms with van der Waals surface area (Å²) < 4.78 is 56.5. The number of carbonyl (C=O) groups excluding carboxylic acids is 1. The van der Waals surface area contributed by atoms with Gasteiger partial charge in [-0.2, -0.15) is 0 Å². The minimum atomic E-state index is -3.96. The largest absolute Gasteiger partial charge is 0.336 e. The van der Waals surface area contributed by atoms with E-state index in [1.807, 2.05) is 0 Å². The molecular formula is C29H27F2N5O3S. The maximum absolute atomic E-state index is 14.0. The Kier molecular flexibility index (Phi) is 6.71. The molecule has 2 aliphatic rings. The van der Waals surface area contributed by atoms with Crippen LogP contribution in [0.5, 0.6) is 0 Å². The second kappa shape index (κ2) is 10.2. The minimum Gasteiger partial charge on any atom is -0.336 e. The maximum atomic E-state index is 14.0. The number of benzene rings is 2. The number of sulfonamides is 1. The summed E-state index contributed by atoms with van der Waals surface area (Å²) in [5.41, 5.74) is 0.943. The van der Waals surface area contributed by atoms with E-state index in [1.54, 1.807) is 35.2 Å². The van der Waals surface area contributed by atoms with Crippen LogP contribution in [0.2, 0.25) is 0 Å². The molecule has 1 amide bonds. The van der Waals surface area contributed by atoms with Gasteiger partial charge in [-0.3, -0.25) is 19.4 Å². The lowest BCUT2D eigenvalue weighted by Crippen LogP contribution is -2.59. The molecule has 1 saturated carbocycles. The molecule has 1 N–H and O–H groups in total. The van der Waals surface area contributed by atoms with E-state index in [9.17, 15) is 22.0 Å². The number of aromatic nitrogens is 2. The van der Waals surface area contributed by atoms with Crippen LogP contribution in [0.4, 0.5) is 14.6 Å². The van der Waals surface area contributed by atoms with Gasteiger partial charge in [0.25, 0.3) is 15.9 Å². The molecule has 0 unspecified atom stereocenters. The van der Waals surface area contributed by atoms with E-state index in [1.165, 1.54) is 36.7 Å². The molecule has 2 fully saturated rings. The van der Waals surface area contributed by atoms with Crippen LogP contribution in [-0.4, -0.2) is 60.3 Å². The fraction of sp³-hybridized carbons (Fsp3) is 0.276. The van der Waals surface area contributed by atoms with Gasteiger partial charge < -0.3 is 4.90 Å². The monoisotopic (exact) mass is 563 g/mol. The van der Waals surface area contributed by atoms with Gasteiger partial charge in [-0.05, 0) is 61.2 Å². The molecule has 0 spiro atoms. The highest BCUT2D eigenvalue weighted by molar-refractivity contribution is 7.93. The van der Waals surface area contributed by atoms with Gasteiger partial charge >= 0.3 is 0 Å². The van der Waals surface area contributed by atoms with Crippen LogP contribution >= 0.6 is 0 Å². The summed E-state index contributed by atoms with van der Waals surface area (Å²) in [6.45, 7) is 2.07. The number of nitrogens with zero attached hydrogens (tertiary/aromatic N) is 4. The molecule has 0 bridgehead atoms. The van der Waals surface area contributed by atoms with Crippen LogP contribution < -0.4 is 4.72 Å². The fourth-order valence-electron chi connectivity index (χ4n) is 5.71. The molecule has 6 rings (SSSR count). The Bertz CT molecular complexity index is 1660. The number of halogens is 2. The number of nitrogens with one attached hydrogen (secondary N) is 1. The zero-order chi connectivity index (χ0) is 27.9. The molecule has 11 heteroatoms. The van der Waals surface area contributed by atoms with Crippen molar-refractivity contribution in [3.8, 4) is 0 Å². The quantitative estimate of drug-likeness (QED) is 0.370. The van der Waals surface area contributed by atoms with Crippen LogP contribution in [0.15, 0.2) is 78.0 Å². The van der Waals surface area contributed by atoms with E-state index in [0.717, 1.165) is 25.3 Å². The Labute approximate surface area is 230 Å². The number of rotatable bonds is 6. The lowest BCUT2D eigenvalue weighted by Gasteiger charge is -2.53. The molecule has 2 aromatic carbocycles. The highest BCUT2D eigenvalue weighted by atomic mass is 32.2. The number of pyridine rings is 2. The topological polar surface area (TPSA) is 95.5 Å². The highest BCUT2D eigenvalue weighted by Gasteiger charge is 2.45. The zero-order valence-corrected chi connectivity index (χ0v) is 22.4. The lowest BCUT2D eigenvalue weighted by molar-refractivity contribution is -0.0195. The van der Waals surface area contributed by atoms with Crippen LogP contribution in [0.3, 0.4) is 0 Å². The Hall–Kier alpha value is -3.96. The Morgan fingerprint density at radius 1 is 0.900 bits per heavy atom. The summed E-state index contributed by atoms with van der Waals surface area (Å²) >= 11 is 0. The second-order valence-electron chi connectivity index (χ2n) is 10.2. The predicted octanol–water partition coefficient (Wildman–Crippen LogP) is 4.55. The molecule has 0 atom stereocenters. The van der Waals surface area contributed by atoms with Crippen molar-refractivity contribution in [1.29, 1.82) is 0 Å². The number of fused-ring (bicyclic) bond motifs is 1. The van der Waals surface area contributed by atoms with Crippen molar-refractivity contribution in [2.75, 3.05) is 30.9 Å². The van der Waals surface area contributed by atoms with Crippen molar-refractivity contribution in [2.24, 2.45) is 0 Å². The van der Waals surface area contributed by atoms with Gasteiger partial charge in [0.2, 0.25) is 0 Å². The summed E-state index contributed by atoms with van der Waals surface area (Å²) in [5, 5.41) is 0.700. The number of carbonyl (C=O) groups is 1. The lowest BCUT2D eigenvalue weighted by atomic mass is 9.70. The molecule has 8 nitrogen and oxygen atoms in total. The third-order valence-electron chi connectivity index (χ3n) is 7.89. The van der Waals surface area contributed by atoms with E-state index in [-0.39, 0.29) is 16.6 Å². The number of hydrogen-bond acceptors (Lipinski definition) is 6. The number of anilines is 1. The third kappa shape index (κ3) is 4.79. The maximum Gasteiger partial charge on any atom is 0.265 e. The van der Waals surface area contributed by atoms with Crippen molar-refractivity contribution < 1.29 is 22.0 Å². The standard InChI is InChI=1S/C29H27F2N5O3S/c30-23-16-22(17-24(31)18-23)29(9-3-10-29)36-14-12-35(13-15-36)28(37)21-7-8-26(33-19-21)34-40(38,39)25-6-1-4-20-5-2-11-32-27(20)25/h1-2,4-8,11,16-19H,3,9-10,12-15H2,(H,33,34). The minimum absolute atomic E-state index is 0.0376. The van der Waals surface area contributed by atoms with E-state index < -0.39 is 27.2 Å². The van der Waals surface area contributed by atoms with Crippen LogP contribution in [-0.2, 0) is 15.6 Å². The predicted molar refractivity (Wildman–Crippen MR) is 146 cm³/mol. The Balaban J connectivity index is 1.12. The first-order valence-electron chi connectivity index (χ1n) is 13.1. The van der Waals surface area contributed by atoms with Gasteiger partial charge in [-0.25, -0.2) is 22.2 Å². The second-order valence-corrected chi connectivity index (χ2v) is 11.8. The zero-order valence-electron chi connectivity index (χ0n) is 21.6.